The van der Waals surface area contributed by atoms with Gasteiger partial charge in [0, 0.05) is 16.8 Å². The first-order chi connectivity index (χ1) is 14.8. The molecule has 0 bridgehead atoms. The summed E-state index contributed by atoms with van der Waals surface area (Å²) >= 11 is 0. The monoisotopic (exact) mass is 435 g/mol. The molecule has 5 rings (SSSR count). The number of benzene rings is 2. The van der Waals surface area contributed by atoms with Crippen LogP contribution in [0.15, 0.2) is 59.6 Å². The van der Waals surface area contributed by atoms with Crippen LogP contribution in [0.2, 0.25) is 0 Å². The number of sulfonamides is 1. The lowest BCUT2D eigenvalue weighted by atomic mass is 10.2. The highest BCUT2D eigenvalue weighted by atomic mass is 32.2. The Labute approximate surface area is 176 Å². The molecular formula is C20H14FN7O2S. The van der Waals surface area contributed by atoms with E-state index in [0.29, 0.717) is 11.4 Å². The minimum Gasteiger partial charge on any atom is -0.338 e. The highest BCUT2D eigenvalue weighted by Crippen LogP contribution is 2.41. The van der Waals surface area contributed by atoms with E-state index in [2.05, 4.69) is 26.7 Å². The second-order valence-corrected chi connectivity index (χ2v) is 8.52. The zero-order valence-corrected chi connectivity index (χ0v) is 16.6. The number of rotatable bonds is 5. The molecule has 1 aliphatic rings. The molecule has 4 N–H and O–H groups in total. The maximum atomic E-state index is 14.3. The van der Waals surface area contributed by atoms with Gasteiger partial charge in [-0.3, -0.25) is 0 Å². The smallest absolute Gasteiger partial charge is 0.238 e. The van der Waals surface area contributed by atoms with Gasteiger partial charge in [0.2, 0.25) is 16.0 Å². The number of nitriles is 1. The molecule has 0 amide bonds. The van der Waals surface area contributed by atoms with Crippen molar-refractivity contribution in [3.05, 3.63) is 66.2 Å². The van der Waals surface area contributed by atoms with Crippen molar-refractivity contribution in [1.82, 2.24) is 14.5 Å². The fourth-order valence-corrected chi connectivity index (χ4v) is 3.98. The van der Waals surface area contributed by atoms with Gasteiger partial charge in [0.05, 0.1) is 28.4 Å². The lowest BCUT2D eigenvalue weighted by Gasteiger charge is -2.10. The molecule has 0 saturated carbocycles. The van der Waals surface area contributed by atoms with Crippen LogP contribution in [-0.4, -0.2) is 23.0 Å². The van der Waals surface area contributed by atoms with Crippen LogP contribution in [0, 0.1) is 17.1 Å². The predicted molar refractivity (Wildman–Crippen MR) is 112 cm³/mol. The molecule has 9 nitrogen and oxygen atoms in total. The molecule has 11 heteroatoms. The van der Waals surface area contributed by atoms with Gasteiger partial charge >= 0.3 is 0 Å². The van der Waals surface area contributed by atoms with Crippen molar-refractivity contribution in [2.75, 3.05) is 10.6 Å². The van der Waals surface area contributed by atoms with Gasteiger partial charge in [-0.05, 0) is 42.5 Å². The summed E-state index contributed by atoms with van der Waals surface area (Å²) in [5.41, 5.74) is 2.89. The SMILES string of the molecule is N#CC1c2cc3cc(Nc4nc(Nc5cccc(S(N)(=O)=O)c5)ncc4F)ccc3n21. The predicted octanol–water partition coefficient (Wildman–Crippen LogP) is 3.13. The van der Waals surface area contributed by atoms with Gasteiger partial charge in [0.1, 0.15) is 0 Å². The fraction of sp³-hybridized carbons (Fsp3) is 0.0500. The second kappa shape index (κ2) is 6.76. The van der Waals surface area contributed by atoms with Gasteiger partial charge in [-0.2, -0.15) is 10.2 Å². The number of nitrogens with one attached hydrogen (secondary N) is 2. The van der Waals surface area contributed by atoms with Gasteiger partial charge in [-0.25, -0.2) is 22.9 Å². The Hall–Kier alpha value is -4.01. The van der Waals surface area contributed by atoms with Crippen molar-refractivity contribution >= 4 is 44.1 Å². The first-order valence-corrected chi connectivity index (χ1v) is 10.6. The Bertz CT molecular complexity index is 1510. The van der Waals surface area contributed by atoms with Gasteiger partial charge in [-0.1, -0.05) is 6.07 Å². The Morgan fingerprint density at radius 3 is 2.71 bits per heavy atom. The average Bonchev–Trinajstić information content (AvgIpc) is 3.29. The first kappa shape index (κ1) is 19.0. The molecule has 2 aromatic carbocycles. The van der Waals surface area contributed by atoms with Gasteiger partial charge in [0.15, 0.2) is 17.7 Å². The molecule has 154 valence electrons. The van der Waals surface area contributed by atoms with E-state index < -0.39 is 15.8 Å². The lowest BCUT2D eigenvalue weighted by Crippen LogP contribution is -2.12. The molecule has 1 unspecified atom stereocenters. The second-order valence-electron chi connectivity index (χ2n) is 6.96. The summed E-state index contributed by atoms with van der Waals surface area (Å²) in [6.07, 6.45) is 1.01. The third-order valence-corrected chi connectivity index (χ3v) is 5.80. The quantitative estimate of drug-likeness (QED) is 0.438. The van der Waals surface area contributed by atoms with E-state index in [-0.39, 0.29) is 22.7 Å². The van der Waals surface area contributed by atoms with Crippen molar-refractivity contribution in [2.45, 2.75) is 10.9 Å². The van der Waals surface area contributed by atoms with Crippen molar-refractivity contribution in [3.63, 3.8) is 0 Å². The van der Waals surface area contributed by atoms with Crippen LogP contribution < -0.4 is 15.8 Å². The molecule has 0 spiro atoms. The number of aromatic nitrogens is 3. The zero-order valence-electron chi connectivity index (χ0n) is 15.7. The van der Waals surface area contributed by atoms with E-state index in [1.165, 1.54) is 18.2 Å². The van der Waals surface area contributed by atoms with E-state index in [9.17, 15) is 12.8 Å². The van der Waals surface area contributed by atoms with Crippen molar-refractivity contribution in [1.29, 1.82) is 5.26 Å². The normalized spacial score (nSPS) is 14.7. The summed E-state index contributed by atoms with van der Waals surface area (Å²) in [6.45, 7) is 0. The summed E-state index contributed by atoms with van der Waals surface area (Å²) in [4.78, 5) is 7.96. The van der Waals surface area contributed by atoms with Crippen molar-refractivity contribution < 1.29 is 12.8 Å². The van der Waals surface area contributed by atoms with E-state index >= 15 is 0 Å². The van der Waals surface area contributed by atoms with Gasteiger partial charge in [0.25, 0.3) is 0 Å². The maximum Gasteiger partial charge on any atom is 0.238 e. The van der Waals surface area contributed by atoms with Crippen LogP contribution in [0.3, 0.4) is 0 Å². The summed E-state index contributed by atoms with van der Waals surface area (Å²) in [6, 6.07) is 15.2. The lowest BCUT2D eigenvalue weighted by molar-refractivity contribution is 0.598. The summed E-state index contributed by atoms with van der Waals surface area (Å²) in [7, 11) is -3.86. The van der Waals surface area contributed by atoms with Crippen LogP contribution in [0.4, 0.5) is 27.5 Å². The third-order valence-electron chi connectivity index (χ3n) is 4.89. The average molecular weight is 435 g/mol. The summed E-state index contributed by atoms with van der Waals surface area (Å²) < 4.78 is 39.2. The maximum absolute atomic E-state index is 14.3. The fourth-order valence-electron chi connectivity index (χ4n) is 3.42. The van der Waals surface area contributed by atoms with E-state index in [1.807, 2.05) is 22.8 Å². The highest BCUT2D eigenvalue weighted by molar-refractivity contribution is 7.89. The molecule has 4 aromatic rings. The molecule has 1 atom stereocenters. The number of hydrogen-bond donors (Lipinski definition) is 3. The number of anilines is 4. The Morgan fingerprint density at radius 2 is 1.94 bits per heavy atom. The Kier molecular flexibility index (Phi) is 4.14. The molecule has 1 aliphatic heterocycles. The first-order valence-electron chi connectivity index (χ1n) is 9.07. The number of nitrogens with zero attached hydrogens (tertiary/aromatic N) is 4. The standard InChI is InChI=1S/C20H14FN7O2S/c21-15-10-24-20(26-12-2-1-3-14(8-12)31(23,29)30)27-19(15)25-13-4-5-16-11(6-13)7-17-18(9-22)28(16)17/h1-8,10,18H,(H2,23,29,30)(H2,24,25,26,27). The zero-order chi connectivity index (χ0) is 21.8. The molecule has 31 heavy (non-hydrogen) atoms. The summed E-state index contributed by atoms with van der Waals surface area (Å²) in [5, 5.41) is 20.9. The Morgan fingerprint density at radius 1 is 1.13 bits per heavy atom. The van der Waals surface area contributed by atoms with Crippen LogP contribution >= 0.6 is 0 Å². The van der Waals surface area contributed by atoms with Gasteiger partial charge < -0.3 is 15.2 Å². The molecular weight excluding hydrogens is 421 g/mol. The summed E-state index contributed by atoms with van der Waals surface area (Å²) in [5.74, 6) is -0.632. The van der Waals surface area contributed by atoms with Gasteiger partial charge in [-0.15, -0.1) is 0 Å². The van der Waals surface area contributed by atoms with Crippen LogP contribution in [0.25, 0.3) is 10.9 Å². The molecule has 3 heterocycles. The number of halogens is 1. The topological polar surface area (TPSA) is 139 Å². The molecule has 2 aromatic heterocycles. The number of primary sulfonamides is 1. The van der Waals surface area contributed by atoms with Crippen molar-refractivity contribution in [2.24, 2.45) is 5.14 Å². The largest absolute Gasteiger partial charge is 0.338 e. The molecule has 0 fully saturated rings. The van der Waals surface area contributed by atoms with E-state index in [1.54, 1.807) is 12.1 Å². The van der Waals surface area contributed by atoms with Crippen LogP contribution in [0.5, 0.6) is 0 Å². The number of nitrogens with two attached hydrogens (primary N) is 1. The van der Waals surface area contributed by atoms with Crippen LogP contribution in [-0.2, 0) is 10.0 Å². The minimum absolute atomic E-state index is 0.0499. The van der Waals surface area contributed by atoms with E-state index in [0.717, 1.165) is 22.8 Å². The highest BCUT2D eigenvalue weighted by Gasteiger charge is 2.34. The molecule has 0 saturated heterocycles. The molecule has 0 aliphatic carbocycles. The van der Waals surface area contributed by atoms with E-state index in [4.69, 9.17) is 10.4 Å². The third kappa shape index (κ3) is 3.43. The minimum atomic E-state index is -3.86. The van der Waals surface area contributed by atoms with Crippen molar-refractivity contribution in [3.8, 4) is 6.07 Å². The number of hydrogen-bond acceptors (Lipinski definition) is 7. The number of fused-ring (bicyclic) bond motifs is 3. The Balaban J connectivity index is 1.39. The van der Waals surface area contributed by atoms with Crippen LogP contribution in [0.1, 0.15) is 11.7 Å². The molecule has 0 radical (unpaired) electrons.